The van der Waals surface area contributed by atoms with E-state index in [0.29, 0.717) is 45.6 Å². The Morgan fingerprint density at radius 3 is 2.27 bits per heavy atom. The largest absolute Gasteiger partial charge is 0.480 e. The molecule has 1 atom stereocenters. The fourth-order valence-electron chi connectivity index (χ4n) is 6.98. The van der Waals surface area contributed by atoms with Crippen molar-refractivity contribution in [3.63, 3.8) is 0 Å². The van der Waals surface area contributed by atoms with Crippen LogP contribution >= 0.6 is 15.9 Å². The van der Waals surface area contributed by atoms with E-state index in [1.807, 2.05) is 48.5 Å². The molecular formula is C32H32BrNO6. The average molecular weight is 607 g/mol. The van der Waals surface area contributed by atoms with Gasteiger partial charge in [-0.2, -0.15) is 0 Å². The molecule has 3 aromatic rings. The minimum Gasteiger partial charge on any atom is -0.480 e. The van der Waals surface area contributed by atoms with Gasteiger partial charge in [-0.1, -0.05) is 76.6 Å². The van der Waals surface area contributed by atoms with E-state index in [4.69, 9.17) is 14.2 Å². The maximum absolute atomic E-state index is 13.6. The van der Waals surface area contributed by atoms with Gasteiger partial charge in [0.15, 0.2) is 0 Å². The molecule has 0 radical (unpaired) electrons. The van der Waals surface area contributed by atoms with Crippen LogP contribution in [0.5, 0.6) is 0 Å². The second kappa shape index (κ2) is 11.0. The highest BCUT2D eigenvalue weighted by molar-refractivity contribution is 9.10. The first-order valence-corrected chi connectivity index (χ1v) is 14.5. The third kappa shape index (κ3) is 4.72. The summed E-state index contributed by atoms with van der Waals surface area (Å²) in [5.74, 6) is -1.03. The van der Waals surface area contributed by atoms with E-state index in [1.54, 1.807) is 4.90 Å². The molecule has 1 N–H and O–H groups in total. The summed E-state index contributed by atoms with van der Waals surface area (Å²) < 4.78 is 19.0. The van der Waals surface area contributed by atoms with E-state index >= 15 is 0 Å². The van der Waals surface area contributed by atoms with Crippen LogP contribution in [0.2, 0.25) is 0 Å². The number of carboxylic acid groups (broad SMARTS) is 1. The predicted molar refractivity (Wildman–Crippen MR) is 153 cm³/mol. The number of carboxylic acids is 1. The highest BCUT2D eigenvalue weighted by Gasteiger charge is 2.58. The number of amides is 1. The zero-order valence-electron chi connectivity index (χ0n) is 22.2. The van der Waals surface area contributed by atoms with Crippen molar-refractivity contribution < 1.29 is 28.9 Å². The Balaban J connectivity index is 1.26. The molecule has 7 nitrogen and oxygen atoms in total. The van der Waals surface area contributed by atoms with Crippen LogP contribution in [0.3, 0.4) is 0 Å². The highest BCUT2D eigenvalue weighted by atomic mass is 79.9. The first kappa shape index (κ1) is 27.0. The molecule has 1 unspecified atom stereocenters. The summed E-state index contributed by atoms with van der Waals surface area (Å²) in [5.41, 5.74) is 4.24. The number of nitrogens with zero attached hydrogens (tertiary/aromatic N) is 1. The predicted octanol–water partition coefficient (Wildman–Crippen LogP) is 6.20. The molecule has 6 rings (SSSR count). The number of piperidine rings is 1. The third-order valence-electron chi connectivity index (χ3n) is 8.86. The summed E-state index contributed by atoms with van der Waals surface area (Å²) >= 11 is 3.58. The van der Waals surface area contributed by atoms with Crippen molar-refractivity contribution in [1.29, 1.82) is 0 Å². The zero-order chi connectivity index (χ0) is 27.7. The molecule has 2 heterocycles. The van der Waals surface area contributed by atoms with Crippen molar-refractivity contribution in [2.75, 3.05) is 39.5 Å². The fraction of sp³-hybridized carbons (Fsp3) is 0.375. The Morgan fingerprint density at radius 2 is 1.62 bits per heavy atom. The molecule has 3 aliphatic rings. The molecule has 0 saturated carbocycles. The van der Waals surface area contributed by atoms with Crippen LogP contribution in [-0.2, 0) is 24.6 Å². The molecule has 208 valence electrons. The lowest BCUT2D eigenvalue weighted by atomic mass is 9.60. The van der Waals surface area contributed by atoms with Crippen LogP contribution in [0, 0.1) is 5.41 Å². The molecule has 0 aromatic heterocycles. The smallest absolute Gasteiger partial charge is 0.409 e. The van der Waals surface area contributed by atoms with Crippen LogP contribution in [-0.4, -0.2) is 61.6 Å². The molecule has 1 amide bonds. The van der Waals surface area contributed by atoms with Gasteiger partial charge in [0.05, 0.1) is 0 Å². The van der Waals surface area contributed by atoms with Gasteiger partial charge in [0.1, 0.15) is 18.8 Å². The topological polar surface area (TPSA) is 85.3 Å². The molecule has 2 aliphatic heterocycles. The Hall–Kier alpha value is -3.20. The summed E-state index contributed by atoms with van der Waals surface area (Å²) in [7, 11) is 0. The molecule has 2 saturated heterocycles. The number of hydrogen-bond donors (Lipinski definition) is 1. The van der Waals surface area contributed by atoms with E-state index in [-0.39, 0.29) is 18.6 Å². The van der Waals surface area contributed by atoms with Crippen LogP contribution in [0.4, 0.5) is 4.79 Å². The lowest BCUT2D eigenvalue weighted by molar-refractivity contribution is -0.209. The van der Waals surface area contributed by atoms with Crippen LogP contribution in [0.15, 0.2) is 77.3 Å². The monoisotopic (exact) mass is 605 g/mol. The van der Waals surface area contributed by atoms with Crippen molar-refractivity contribution in [2.24, 2.45) is 5.41 Å². The minimum absolute atomic E-state index is 0.0159. The van der Waals surface area contributed by atoms with Crippen molar-refractivity contribution in [2.45, 2.75) is 30.8 Å². The zero-order valence-corrected chi connectivity index (χ0v) is 23.8. The molecular weight excluding hydrogens is 574 g/mol. The molecule has 40 heavy (non-hydrogen) atoms. The van der Waals surface area contributed by atoms with Gasteiger partial charge >= 0.3 is 12.1 Å². The molecule has 0 bridgehead atoms. The van der Waals surface area contributed by atoms with Gasteiger partial charge in [0, 0.05) is 42.1 Å². The van der Waals surface area contributed by atoms with Gasteiger partial charge < -0.3 is 24.2 Å². The Labute approximate surface area is 242 Å². The second-order valence-electron chi connectivity index (χ2n) is 10.9. The van der Waals surface area contributed by atoms with E-state index in [1.165, 1.54) is 22.3 Å². The SMILES string of the molecule is O=C(O)COC1(c2cccc(Br)c2)CCN(C(=O)OCC2c3ccccc3-c3ccccc32)CC12CCOCC2. The molecule has 2 fully saturated rings. The minimum atomic E-state index is -1.02. The maximum atomic E-state index is 13.6. The lowest BCUT2D eigenvalue weighted by Crippen LogP contribution is -2.62. The number of halogens is 1. The van der Waals surface area contributed by atoms with Crippen LogP contribution in [0.1, 0.15) is 41.9 Å². The van der Waals surface area contributed by atoms with E-state index in [9.17, 15) is 14.7 Å². The van der Waals surface area contributed by atoms with Crippen LogP contribution in [0.25, 0.3) is 11.1 Å². The van der Waals surface area contributed by atoms with E-state index in [2.05, 4.69) is 40.2 Å². The first-order valence-electron chi connectivity index (χ1n) is 13.7. The summed E-state index contributed by atoms with van der Waals surface area (Å²) in [6.07, 6.45) is 1.40. The number of aliphatic carboxylic acids is 1. The van der Waals surface area contributed by atoms with Crippen molar-refractivity contribution in [3.8, 4) is 11.1 Å². The normalized spacial score (nSPS) is 21.6. The third-order valence-corrected chi connectivity index (χ3v) is 9.35. The maximum Gasteiger partial charge on any atom is 0.409 e. The van der Waals surface area contributed by atoms with Gasteiger partial charge in [-0.25, -0.2) is 9.59 Å². The number of hydrogen-bond acceptors (Lipinski definition) is 5. The Kier molecular flexibility index (Phi) is 7.42. The van der Waals surface area contributed by atoms with Crippen molar-refractivity contribution in [3.05, 3.63) is 94.0 Å². The second-order valence-corrected chi connectivity index (χ2v) is 11.8. The van der Waals surface area contributed by atoms with Crippen molar-refractivity contribution >= 4 is 28.0 Å². The standard InChI is InChI=1S/C32H32BrNO6/c33-23-7-5-6-22(18-23)32(40-20-29(35)36)12-15-34(21-31(32)13-16-38-17-14-31)30(37)39-19-28-26-10-3-1-8-24(26)25-9-2-4-11-27(25)28/h1-11,18,28H,12-17,19-21H2,(H,35,36). The van der Waals surface area contributed by atoms with Crippen LogP contribution < -0.4 is 0 Å². The van der Waals surface area contributed by atoms with Gasteiger partial charge in [-0.15, -0.1) is 0 Å². The van der Waals surface area contributed by atoms with E-state index in [0.717, 1.165) is 10.0 Å². The van der Waals surface area contributed by atoms with Gasteiger partial charge in [-0.3, -0.25) is 0 Å². The highest BCUT2D eigenvalue weighted by Crippen LogP contribution is 2.55. The Morgan fingerprint density at radius 1 is 0.950 bits per heavy atom. The number of rotatable bonds is 6. The number of benzene rings is 3. The summed E-state index contributed by atoms with van der Waals surface area (Å²) in [5, 5.41) is 9.56. The molecule has 1 aliphatic carbocycles. The summed E-state index contributed by atoms with van der Waals surface area (Å²) in [6.45, 7) is 1.67. The lowest BCUT2D eigenvalue weighted by Gasteiger charge is -2.57. The van der Waals surface area contributed by atoms with E-state index < -0.39 is 23.6 Å². The summed E-state index contributed by atoms with van der Waals surface area (Å²) in [6, 6.07) is 24.5. The molecule has 3 aromatic carbocycles. The number of ether oxygens (including phenoxy) is 3. The number of fused-ring (bicyclic) bond motifs is 3. The number of likely N-dealkylation sites (tertiary alicyclic amines) is 1. The number of carbonyl (C=O) groups excluding carboxylic acids is 1. The van der Waals surface area contributed by atoms with Crippen molar-refractivity contribution in [1.82, 2.24) is 4.90 Å². The quantitative estimate of drug-likeness (QED) is 0.360. The van der Waals surface area contributed by atoms with Gasteiger partial charge in [0.2, 0.25) is 0 Å². The van der Waals surface area contributed by atoms with Gasteiger partial charge in [-0.05, 0) is 59.2 Å². The fourth-order valence-corrected chi connectivity index (χ4v) is 7.38. The average Bonchev–Trinajstić information content (AvgIpc) is 3.29. The summed E-state index contributed by atoms with van der Waals surface area (Å²) in [4.78, 5) is 27.0. The Bertz CT molecular complexity index is 1370. The number of carbonyl (C=O) groups is 2. The molecule has 1 spiro atoms. The first-order chi connectivity index (χ1) is 19.4. The van der Waals surface area contributed by atoms with Gasteiger partial charge in [0.25, 0.3) is 0 Å². The molecule has 8 heteroatoms.